The molecule has 3 N–H and O–H groups in total. The highest BCUT2D eigenvalue weighted by molar-refractivity contribution is 7.17. The van der Waals surface area contributed by atoms with Gasteiger partial charge in [-0.3, -0.25) is 4.79 Å². The van der Waals surface area contributed by atoms with Crippen LogP contribution in [-0.2, 0) is 6.54 Å². The summed E-state index contributed by atoms with van der Waals surface area (Å²) in [5.41, 5.74) is 3.31. The van der Waals surface area contributed by atoms with Gasteiger partial charge < -0.3 is 16.0 Å². The van der Waals surface area contributed by atoms with Crippen molar-refractivity contribution >= 4 is 46.3 Å². The second-order valence-electron chi connectivity index (χ2n) is 5.94. The summed E-state index contributed by atoms with van der Waals surface area (Å²) in [6.07, 6.45) is 0. The van der Waals surface area contributed by atoms with E-state index < -0.39 is 0 Å². The molecule has 5 nitrogen and oxygen atoms in total. The van der Waals surface area contributed by atoms with Crippen molar-refractivity contribution in [1.82, 2.24) is 5.32 Å². The first kappa shape index (κ1) is 18.9. The molecular weight excluding hydrogens is 382 g/mol. The maximum absolute atomic E-state index is 12.2. The van der Waals surface area contributed by atoms with E-state index in [2.05, 4.69) is 16.0 Å². The van der Waals surface area contributed by atoms with Crippen LogP contribution in [0.5, 0.6) is 0 Å². The molecule has 0 radical (unpaired) electrons. The van der Waals surface area contributed by atoms with Gasteiger partial charge >= 0.3 is 6.03 Å². The molecule has 3 aromatic rings. The molecule has 3 amide bonds. The van der Waals surface area contributed by atoms with E-state index in [1.165, 1.54) is 11.3 Å². The molecule has 0 aliphatic rings. The minimum Gasteiger partial charge on any atom is -0.347 e. The Morgan fingerprint density at radius 3 is 2.33 bits per heavy atom. The lowest BCUT2D eigenvalue weighted by molar-refractivity contribution is 0.0955. The zero-order valence-electron chi connectivity index (χ0n) is 14.6. The van der Waals surface area contributed by atoms with Crippen LogP contribution >= 0.6 is 22.9 Å². The standard InChI is InChI=1S/C20H18ClN3O2S/c1-13-4-2-6-15(10-13)23-20(26)24-16-7-3-5-14(11-16)12-22-19(25)17-8-9-18(21)27-17/h2-11H,12H2,1H3,(H,22,25)(H2,23,24,26). The molecule has 2 aromatic carbocycles. The number of amides is 3. The molecule has 3 rings (SSSR count). The first-order chi connectivity index (χ1) is 13.0. The normalized spacial score (nSPS) is 10.3. The summed E-state index contributed by atoms with van der Waals surface area (Å²) in [4.78, 5) is 24.8. The molecule has 1 aromatic heterocycles. The fourth-order valence-corrected chi connectivity index (χ4v) is 3.44. The molecule has 0 aliphatic carbocycles. The Bertz CT molecular complexity index is 971. The number of nitrogens with one attached hydrogen (secondary N) is 3. The topological polar surface area (TPSA) is 70.2 Å². The van der Waals surface area contributed by atoms with Crippen molar-refractivity contribution in [2.45, 2.75) is 13.5 Å². The molecule has 0 atom stereocenters. The van der Waals surface area contributed by atoms with Crippen LogP contribution in [0.25, 0.3) is 0 Å². The third-order valence-electron chi connectivity index (χ3n) is 3.71. The Labute approximate surface area is 166 Å². The summed E-state index contributed by atoms with van der Waals surface area (Å²) in [6.45, 7) is 2.31. The molecular formula is C20H18ClN3O2S. The molecule has 0 fully saturated rings. The van der Waals surface area contributed by atoms with Crippen LogP contribution < -0.4 is 16.0 Å². The molecule has 0 unspecified atom stereocenters. The van der Waals surface area contributed by atoms with Crippen LogP contribution in [0.1, 0.15) is 20.8 Å². The lowest BCUT2D eigenvalue weighted by Crippen LogP contribution is -2.22. The maximum Gasteiger partial charge on any atom is 0.323 e. The Balaban J connectivity index is 1.56. The number of hydrogen-bond acceptors (Lipinski definition) is 3. The zero-order chi connectivity index (χ0) is 19.2. The number of benzene rings is 2. The van der Waals surface area contributed by atoms with Gasteiger partial charge in [0.25, 0.3) is 5.91 Å². The molecule has 7 heteroatoms. The number of aryl methyl sites for hydroxylation is 1. The highest BCUT2D eigenvalue weighted by atomic mass is 35.5. The van der Waals surface area contributed by atoms with Gasteiger partial charge in [-0.1, -0.05) is 35.9 Å². The Morgan fingerprint density at radius 1 is 0.963 bits per heavy atom. The molecule has 27 heavy (non-hydrogen) atoms. The van der Waals surface area contributed by atoms with Crippen molar-refractivity contribution in [2.24, 2.45) is 0 Å². The SMILES string of the molecule is Cc1cccc(NC(=O)Nc2cccc(CNC(=O)c3ccc(Cl)s3)c2)c1. The van der Waals surface area contributed by atoms with Gasteiger partial charge in [0.2, 0.25) is 0 Å². The van der Waals surface area contributed by atoms with Crippen LogP contribution in [0.2, 0.25) is 4.34 Å². The predicted octanol–water partition coefficient (Wildman–Crippen LogP) is 5.28. The summed E-state index contributed by atoms with van der Waals surface area (Å²) in [5.74, 6) is -0.178. The summed E-state index contributed by atoms with van der Waals surface area (Å²) >= 11 is 7.08. The lowest BCUT2D eigenvalue weighted by Gasteiger charge is -2.10. The minimum absolute atomic E-state index is 0.178. The van der Waals surface area contributed by atoms with Crippen LogP contribution in [0, 0.1) is 6.92 Å². The maximum atomic E-state index is 12.2. The van der Waals surface area contributed by atoms with Crippen molar-refractivity contribution in [3.05, 3.63) is 81.0 Å². The van der Waals surface area contributed by atoms with Gasteiger partial charge in [-0.15, -0.1) is 11.3 Å². The quantitative estimate of drug-likeness (QED) is 0.546. The van der Waals surface area contributed by atoms with Crippen LogP contribution in [0.3, 0.4) is 0 Å². The third-order valence-corrected chi connectivity index (χ3v) is 4.94. The number of anilines is 2. The predicted molar refractivity (Wildman–Crippen MR) is 111 cm³/mol. The van der Waals surface area contributed by atoms with Gasteiger partial charge in [-0.2, -0.15) is 0 Å². The van der Waals surface area contributed by atoms with Crippen molar-refractivity contribution in [3.63, 3.8) is 0 Å². The van der Waals surface area contributed by atoms with Gasteiger partial charge in [0.05, 0.1) is 9.21 Å². The van der Waals surface area contributed by atoms with Crippen molar-refractivity contribution in [3.8, 4) is 0 Å². The number of carbonyl (C=O) groups excluding carboxylic acids is 2. The molecule has 0 saturated carbocycles. The first-order valence-corrected chi connectivity index (χ1v) is 9.46. The summed E-state index contributed by atoms with van der Waals surface area (Å²) in [5, 5.41) is 8.43. The molecule has 0 bridgehead atoms. The van der Waals surface area contributed by atoms with E-state index in [0.29, 0.717) is 21.4 Å². The Morgan fingerprint density at radius 2 is 1.67 bits per heavy atom. The second-order valence-corrected chi connectivity index (χ2v) is 7.65. The largest absolute Gasteiger partial charge is 0.347 e. The van der Waals surface area contributed by atoms with Crippen LogP contribution in [0.15, 0.2) is 60.7 Å². The van der Waals surface area contributed by atoms with Crippen molar-refractivity contribution in [1.29, 1.82) is 0 Å². The number of thiophene rings is 1. The van der Waals surface area contributed by atoms with Crippen LogP contribution in [-0.4, -0.2) is 11.9 Å². The Kier molecular flexibility index (Phi) is 6.11. The Hall–Kier alpha value is -2.83. The van der Waals surface area contributed by atoms with Crippen molar-refractivity contribution in [2.75, 3.05) is 10.6 Å². The fourth-order valence-electron chi connectivity index (χ4n) is 2.48. The monoisotopic (exact) mass is 399 g/mol. The second kappa shape index (κ2) is 8.70. The number of urea groups is 1. The van der Waals surface area contributed by atoms with E-state index in [9.17, 15) is 9.59 Å². The zero-order valence-corrected chi connectivity index (χ0v) is 16.2. The number of carbonyl (C=O) groups is 2. The fraction of sp³-hybridized carbons (Fsp3) is 0.100. The van der Waals surface area contributed by atoms with Gasteiger partial charge in [-0.25, -0.2) is 4.79 Å². The summed E-state index contributed by atoms with van der Waals surface area (Å²) < 4.78 is 0.575. The average molecular weight is 400 g/mol. The smallest absolute Gasteiger partial charge is 0.323 e. The molecule has 0 spiro atoms. The average Bonchev–Trinajstić information content (AvgIpc) is 3.06. The van der Waals surface area contributed by atoms with E-state index in [4.69, 9.17) is 11.6 Å². The lowest BCUT2D eigenvalue weighted by atomic mass is 10.2. The summed E-state index contributed by atoms with van der Waals surface area (Å²) in [7, 11) is 0. The molecule has 138 valence electrons. The van der Waals surface area contributed by atoms with E-state index in [1.54, 1.807) is 18.2 Å². The highest BCUT2D eigenvalue weighted by Crippen LogP contribution is 2.21. The number of rotatable bonds is 5. The van der Waals surface area contributed by atoms with Crippen LogP contribution in [0.4, 0.5) is 16.2 Å². The molecule has 1 heterocycles. The molecule has 0 aliphatic heterocycles. The van der Waals surface area contributed by atoms with Crippen molar-refractivity contribution < 1.29 is 9.59 Å². The highest BCUT2D eigenvalue weighted by Gasteiger charge is 2.09. The number of halogens is 1. The number of hydrogen-bond donors (Lipinski definition) is 3. The van der Waals surface area contributed by atoms with Gasteiger partial charge in [0, 0.05) is 17.9 Å². The van der Waals surface area contributed by atoms with E-state index in [-0.39, 0.29) is 11.9 Å². The third kappa shape index (κ3) is 5.57. The van der Waals surface area contributed by atoms with E-state index in [1.807, 2.05) is 49.4 Å². The summed E-state index contributed by atoms with van der Waals surface area (Å²) in [6, 6.07) is 17.9. The van der Waals surface area contributed by atoms with Gasteiger partial charge in [0.1, 0.15) is 0 Å². The van der Waals surface area contributed by atoms with Gasteiger partial charge in [0.15, 0.2) is 0 Å². The van der Waals surface area contributed by atoms with E-state index in [0.717, 1.165) is 16.8 Å². The molecule has 0 saturated heterocycles. The first-order valence-electron chi connectivity index (χ1n) is 8.27. The minimum atomic E-state index is -0.324. The van der Waals surface area contributed by atoms with Gasteiger partial charge in [-0.05, 0) is 54.4 Å². The van der Waals surface area contributed by atoms with E-state index >= 15 is 0 Å².